The number of nitrogens with zero attached hydrogens (tertiary/aromatic N) is 2. The van der Waals surface area contributed by atoms with Crippen LogP contribution in [0.2, 0.25) is 0 Å². The second-order valence-electron chi connectivity index (χ2n) is 5.25. The molecule has 5 heteroatoms. The van der Waals surface area contributed by atoms with Gasteiger partial charge in [0, 0.05) is 25.1 Å². The number of nitrogen functional groups attached to an aromatic ring is 1. The van der Waals surface area contributed by atoms with E-state index >= 15 is 0 Å². The van der Waals surface area contributed by atoms with Gasteiger partial charge in [0.1, 0.15) is 5.82 Å². The summed E-state index contributed by atoms with van der Waals surface area (Å²) in [5, 5.41) is 4.32. The lowest BCUT2D eigenvalue weighted by molar-refractivity contribution is 0.124. The third-order valence-electron chi connectivity index (χ3n) is 3.43. The van der Waals surface area contributed by atoms with E-state index in [0.717, 1.165) is 48.8 Å². The van der Waals surface area contributed by atoms with Gasteiger partial charge in [-0.15, -0.1) is 0 Å². The largest absolute Gasteiger partial charge is 0.381 e. The smallest absolute Gasteiger partial charge is 0.222 e. The number of hydrogen-bond acceptors (Lipinski definition) is 5. The minimum atomic E-state index is 0.302. The van der Waals surface area contributed by atoms with Crippen molar-refractivity contribution in [3.63, 3.8) is 0 Å². The van der Waals surface area contributed by atoms with Gasteiger partial charge in [-0.3, -0.25) is 0 Å². The molecular weight excluding hydrogens is 252 g/mol. The van der Waals surface area contributed by atoms with Gasteiger partial charge in [-0.05, 0) is 37.3 Å². The Labute approximate surface area is 118 Å². The SMILES string of the molecule is Nc1nc(NCCCOCC2CC2)c2ccccc2n1. The summed E-state index contributed by atoms with van der Waals surface area (Å²) in [5.74, 6) is 1.93. The average molecular weight is 272 g/mol. The van der Waals surface area contributed by atoms with Gasteiger partial charge in [-0.2, -0.15) is 4.98 Å². The van der Waals surface area contributed by atoms with Gasteiger partial charge in [-0.1, -0.05) is 12.1 Å². The fourth-order valence-electron chi connectivity index (χ4n) is 2.14. The Bertz CT molecular complexity index is 583. The second kappa shape index (κ2) is 6.05. The van der Waals surface area contributed by atoms with Crippen molar-refractivity contribution in [2.24, 2.45) is 5.92 Å². The average Bonchev–Trinajstić information content (AvgIpc) is 3.26. The molecule has 1 aromatic carbocycles. The van der Waals surface area contributed by atoms with Crippen LogP contribution in [-0.4, -0.2) is 29.7 Å². The lowest BCUT2D eigenvalue weighted by Crippen LogP contribution is -2.09. The fraction of sp³-hybridized carbons (Fsp3) is 0.467. The number of nitrogens with two attached hydrogens (primary N) is 1. The summed E-state index contributed by atoms with van der Waals surface area (Å²) >= 11 is 0. The molecule has 106 valence electrons. The first-order valence-corrected chi connectivity index (χ1v) is 7.17. The molecular formula is C15H20N4O. The van der Waals surface area contributed by atoms with Crippen molar-refractivity contribution in [2.75, 3.05) is 30.8 Å². The fourth-order valence-corrected chi connectivity index (χ4v) is 2.14. The molecule has 1 aromatic heterocycles. The van der Waals surface area contributed by atoms with E-state index in [0.29, 0.717) is 5.95 Å². The third-order valence-corrected chi connectivity index (χ3v) is 3.43. The molecule has 1 aliphatic rings. The number of fused-ring (bicyclic) bond motifs is 1. The molecule has 0 spiro atoms. The van der Waals surface area contributed by atoms with Gasteiger partial charge in [0.05, 0.1) is 5.52 Å². The van der Waals surface area contributed by atoms with Crippen molar-refractivity contribution in [1.82, 2.24) is 9.97 Å². The Morgan fingerprint density at radius 2 is 2.10 bits per heavy atom. The number of nitrogens with one attached hydrogen (secondary N) is 1. The highest BCUT2D eigenvalue weighted by atomic mass is 16.5. The summed E-state index contributed by atoms with van der Waals surface area (Å²) in [5.41, 5.74) is 6.60. The molecule has 0 radical (unpaired) electrons. The Hall–Kier alpha value is -1.88. The van der Waals surface area contributed by atoms with Crippen molar-refractivity contribution in [1.29, 1.82) is 0 Å². The summed E-state index contributed by atoms with van der Waals surface area (Å²) in [4.78, 5) is 8.49. The zero-order valence-corrected chi connectivity index (χ0v) is 11.5. The molecule has 0 atom stereocenters. The van der Waals surface area contributed by atoms with Crippen molar-refractivity contribution in [3.05, 3.63) is 24.3 Å². The van der Waals surface area contributed by atoms with E-state index in [1.54, 1.807) is 0 Å². The number of benzene rings is 1. The summed E-state index contributed by atoms with van der Waals surface area (Å²) in [7, 11) is 0. The molecule has 0 amide bonds. The Morgan fingerprint density at radius 3 is 2.95 bits per heavy atom. The van der Waals surface area contributed by atoms with E-state index < -0.39 is 0 Å². The van der Waals surface area contributed by atoms with Crippen LogP contribution in [0.25, 0.3) is 10.9 Å². The predicted molar refractivity (Wildman–Crippen MR) is 80.6 cm³/mol. The molecule has 0 aliphatic heterocycles. The number of anilines is 2. The number of rotatable bonds is 7. The third kappa shape index (κ3) is 3.36. The maximum atomic E-state index is 5.73. The molecule has 1 heterocycles. The maximum Gasteiger partial charge on any atom is 0.222 e. The first-order chi connectivity index (χ1) is 9.83. The van der Waals surface area contributed by atoms with Crippen LogP contribution < -0.4 is 11.1 Å². The minimum absolute atomic E-state index is 0.302. The van der Waals surface area contributed by atoms with E-state index in [9.17, 15) is 0 Å². The van der Waals surface area contributed by atoms with Crippen LogP contribution in [0.15, 0.2) is 24.3 Å². The molecule has 2 aromatic rings. The van der Waals surface area contributed by atoms with Crippen molar-refractivity contribution < 1.29 is 4.74 Å². The summed E-state index contributed by atoms with van der Waals surface area (Å²) in [6.07, 6.45) is 3.64. The molecule has 0 unspecified atom stereocenters. The minimum Gasteiger partial charge on any atom is -0.381 e. The number of para-hydroxylation sites is 1. The second-order valence-corrected chi connectivity index (χ2v) is 5.25. The van der Waals surface area contributed by atoms with Crippen molar-refractivity contribution >= 4 is 22.7 Å². The van der Waals surface area contributed by atoms with Gasteiger partial charge >= 0.3 is 0 Å². The highest BCUT2D eigenvalue weighted by Gasteiger charge is 2.20. The molecule has 1 saturated carbocycles. The van der Waals surface area contributed by atoms with Crippen LogP contribution in [0.4, 0.5) is 11.8 Å². The van der Waals surface area contributed by atoms with Crippen LogP contribution in [0.1, 0.15) is 19.3 Å². The number of hydrogen-bond donors (Lipinski definition) is 2. The normalized spacial score (nSPS) is 14.6. The quantitative estimate of drug-likeness (QED) is 0.757. The van der Waals surface area contributed by atoms with Crippen LogP contribution in [0, 0.1) is 5.92 Å². The highest BCUT2D eigenvalue weighted by Crippen LogP contribution is 2.28. The zero-order valence-electron chi connectivity index (χ0n) is 11.5. The van der Waals surface area contributed by atoms with Crippen LogP contribution in [-0.2, 0) is 4.74 Å². The lowest BCUT2D eigenvalue weighted by atomic mass is 10.2. The van der Waals surface area contributed by atoms with Crippen LogP contribution >= 0.6 is 0 Å². The molecule has 0 bridgehead atoms. The first-order valence-electron chi connectivity index (χ1n) is 7.17. The van der Waals surface area contributed by atoms with E-state index in [4.69, 9.17) is 10.5 Å². The van der Waals surface area contributed by atoms with Gasteiger partial charge in [-0.25, -0.2) is 4.98 Å². The standard InChI is InChI=1S/C15H20N4O/c16-15-18-13-5-2-1-4-12(13)14(19-15)17-8-3-9-20-10-11-6-7-11/h1-2,4-5,11H,3,6-10H2,(H3,16,17,18,19). The van der Waals surface area contributed by atoms with E-state index in [-0.39, 0.29) is 0 Å². The van der Waals surface area contributed by atoms with Gasteiger partial charge < -0.3 is 15.8 Å². The van der Waals surface area contributed by atoms with Gasteiger partial charge in [0.25, 0.3) is 0 Å². The number of ether oxygens (including phenoxy) is 1. The first kappa shape index (κ1) is 13.1. The van der Waals surface area contributed by atoms with Gasteiger partial charge in [0.2, 0.25) is 5.95 Å². The number of aromatic nitrogens is 2. The molecule has 1 fully saturated rings. The molecule has 1 aliphatic carbocycles. The topological polar surface area (TPSA) is 73.1 Å². The Balaban J connectivity index is 1.53. The van der Waals surface area contributed by atoms with Crippen molar-refractivity contribution in [2.45, 2.75) is 19.3 Å². The molecule has 3 rings (SSSR count). The molecule has 0 saturated heterocycles. The summed E-state index contributed by atoms with van der Waals surface area (Å²) in [6, 6.07) is 7.87. The summed E-state index contributed by atoms with van der Waals surface area (Å²) < 4.78 is 5.61. The maximum absolute atomic E-state index is 5.73. The zero-order chi connectivity index (χ0) is 13.8. The molecule has 20 heavy (non-hydrogen) atoms. The highest BCUT2D eigenvalue weighted by molar-refractivity contribution is 5.89. The Morgan fingerprint density at radius 1 is 1.25 bits per heavy atom. The van der Waals surface area contributed by atoms with E-state index in [2.05, 4.69) is 15.3 Å². The Kier molecular flexibility index (Phi) is 3.97. The van der Waals surface area contributed by atoms with E-state index in [1.807, 2.05) is 24.3 Å². The molecule has 5 nitrogen and oxygen atoms in total. The lowest BCUT2D eigenvalue weighted by Gasteiger charge is -2.09. The van der Waals surface area contributed by atoms with Gasteiger partial charge in [0.15, 0.2) is 0 Å². The van der Waals surface area contributed by atoms with Crippen LogP contribution in [0.3, 0.4) is 0 Å². The monoisotopic (exact) mass is 272 g/mol. The predicted octanol–water partition coefficient (Wildman–Crippen LogP) is 2.44. The van der Waals surface area contributed by atoms with Crippen LogP contribution in [0.5, 0.6) is 0 Å². The summed E-state index contributed by atoms with van der Waals surface area (Å²) in [6.45, 7) is 2.54. The van der Waals surface area contributed by atoms with E-state index in [1.165, 1.54) is 12.8 Å². The molecule has 3 N–H and O–H groups in total. The van der Waals surface area contributed by atoms with Crippen molar-refractivity contribution in [3.8, 4) is 0 Å².